The van der Waals surface area contributed by atoms with Crippen LogP contribution in [0.1, 0.15) is 27.7 Å². The van der Waals surface area contributed by atoms with Gasteiger partial charge in [-0.05, 0) is 27.7 Å². The summed E-state index contributed by atoms with van der Waals surface area (Å²) in [6.07, 6.45) is 0.460. The smallest absolute Gasteiger partial charge is 0.328 e. The number of amides is 1. The van der Waals surface area contributed by atoms with Crippen molar-refractivity contribution in [1.82, 2.24) is 5.06 Å². The standard InChI is InChI=1S/C9H17NO4/c1-5-13-8(12)6-10(7-11)14-9(2,3)4/h7H,5-6H2,1-4H3. The van der Waals surface area contributed by atoms with Crippen LogP contribution < -0.4 is 0 Å². The van der Waals surface area contributed by atoms with Crippen LogP contribution in [-0.2, 0) is 19.2 Å². The number of rotatable bonds is 5. The first-order chi connectivity index (χ1) is 6.39. The zero-order chi connectivity index (χ0) is 11.2. The molecule has 0 fully saturated rings. The second-order valence-electron chi connectivity index (χ2n) is 3.69. The lowest BCUT2D eigenvalue weighted by molar-refractivity contribution is -0.219. The zero-order valence-electron chi connectivity index (χ0n) is 9.07. The van der Waals surface area contributed by atoms with Crippen LogP contribution >= 0.6 is 0 Å². The summed E-state index contributed by atoms with van der Waals surface area (Å²) in [6, 6.07) is 0. The van der Waals surface area contributed by atoms with Gasteiger partial charge < -0.3 is 4.74 Å². The molecule has 1 amide bonds. The van der Waals surface area contributed by atoms with Gasteiger partial charge in [0, 0.05) is 0 Å². The SMILES string of the molecule is CCOC(=O)CN(C=O)OC(C)(C)C. The summed E-state index contributed by atoms with van der Waals surface area (Å²) in [5, 5.41) is 0.929. The second-order valence-corrected chi connectivity index (χ2v) is 3.69. The van der Waals surface area contributed by atoms with Gasteiger partial charge in [0.1, 0.15) is 6.54 Å². The van der Waals surface area contributed by atoms with Crippen LogP contribution in [0.3, 0.4) is 0 Å². The highest BCUT2D eigenvalue weighted by atomic mass is 16.7. The van der Waals surface area contributed by atoms with Crippen LogP contribution in [0.2, 0.25) is 0 Å². The maximum atomic E-state index is 11.0. The average molecular weight is 203 g/mol. The summed E-state index contributed by atoms with van der Waals surface area (Å²) >= 11 is 0. The lowest BCUT2D eigenvalue weighted by Crippen LogP contribution is -2.37. The van der Waals surface area contributed by atoms with E-state index in [0.29, 0.717) is 13.0 Å². The highest BCUT2D eigenvalue weighted by Gasteiger charge is 2.18. The van der Waals surface area contributed by atoms with E-state index in [4.69, 9.17) is 4.84 Å². The van der Waals surface area contributed by atoms with Crippen molar-refractivity contribution >= 4 is 12.4 Å². The van der Waals surface area contributed by atoms with Crippen molar-refractivity contribution in [2.75, 3.05) is 13.2 Å². The molecule has 0 unspecified atom stereocenters. The second kappa shape index (κ2) is 5.59. The fourth-order valence-corrected chi connectivity index (χ4v) is 0.777. The minimum absolute atomic E-state index is 0.186. The van der Waals surface area contributed by atoms with Gasteiger partial charge in [0.15, 0.2) is 0 Å². The molecule has 0 heterocycles. The van der Waals surface area contributed by atoms with Gasteiger partial charge in [-0.2, -0.15) is 0 Å². The molecule has 0 spiro atoms. The highest BCUT2D eigenvalue weighted by Crippen LogP contribution is 2.08. The quantitative estimate of drug-likeness (QED) is 0.375. The Bertz CT molecular complexity index is 197. The van der Waals surface area contributed by atoms with Crippen molar-refractivity contribution in [3.63, 3.8) is 0 Å². The molecular formula is C9H17NO4. The topological polar surface area (TPSA) is 55.8 Å². The van der Waals surface area contributed by atoms with Crippen LogP contribution in [0, 0.1) is 0 Å². The van der Waals surface area contributed by atoms with Gasteiger partial charge in [0.2, 0.25) is 6.41 Å². The number of hydroxylamine groups is 2. The Morgan fingerprint density at radius 2 is 2.00 bits per heavy atom. The number of carbonyl (C=O) groups excluding carboxylic acids is 2. The van der Waals surface area contributed by atoms with Crippen molar-refractivity contribution in [2.45, 2.75) is 33.3 Å². The van der Waals surface area contributed by atoms with Gasteiger partial charge in [-0.1, -0.05) is 0 Å². The molecule has 0 N–H and O–H groups in total. The number of carbonyl (C=O) groups is 2. The Balaban J connectivity index is 4.03. The van der Waals surface area contributed by atoms with E-state index in [1.165, 1.54) is 0 Å². The summed E-state index contributed by atoms with van der Waals surface area (Å²) in [4.78, 5) is 26.7. The molecule has 14 heavy (non-hydrogen) atoms. The fourth-order valence-electron chi connectivity index (χ4n) is 0.777. The van der Waals surface area contributed by atoms with E-state index >= 15 is 0 Å². The zero-order valence-corrected chi connectivity index (χ0v) is 9.07. The van der Waals surface area contributed by atoms with Gasteiger partial charge in [-0.25, -0.2) is 5.06 Å². The van der Waals surface area contributed by atoms with Gasteiger partial charge in [-0.3, -0.25) is 14.4 Å². The van der Waals surface area contributed by atoms with E-state index in [-0.39, 0.29) is 6.54 Å². The molecule has 0 atom stereocenters. The van der Waals surface area contributed by atoms with E-state index in [9.17, 15) is 9.59 Å². The number of ether oxygens (including phenoxy) is 1. The lowest BCUT2D eigenvalue weighted by Gasteiger charge is -2.25. The third-order valence-electron chi connectivity index (χ3n) is 1.10. The van der Waals surface area contributed by atoms with Crippen molar-refractivity contribution in [3.8, 4) is 0 Å². The summed E-state index contributed by atoms with van der Waals surface area (Å²) in [6.45, 7) is 7.17. The van der Waals surface area contributed by atoms with Gasteiger partial charge in [0.25, 0.3) is 0 Å². The first kappa shape index (κ1) is 12.9. The molecule has 0 aliphatic rings. The van der Waals surface area contributed by atoms with Gasteiger partial charge >= 0.3 is 5.97 Å². The van der Waals surface area contributed by atoms with Crippen molar-refractivity contribution in [2.24, 2.45) is 0 Å². The van der Waals surface area contributed by atoms with Crippen molar-refractivity contribution in [1.29, 1.82) is 0 Å². The van der Waals surface area contributed by atoms with Gasteiger partial charge in [-0.15, -0.1) is 0 Å². The molecule has 0 aromatic heterocycles. The third kappa shape index (κ3) is 6.42. The van der Waals surface area contributed by atoms with Crippen LogP contribution in [0.4, 0.5) is 0 Å². The number of hydrogen-bond acceptors (Lipinski definition) is 4. The number of nitrogens with zero attached hydrogens (tertiary/aromatic N) is 1. The largest absolute Gasteiger partial charge is 0.465 e. The van der Waals surface area contributed by atoms with Crippen LogP contribution in [0.5, 0.6) is 0 Å². The average Bonchev–Trinajstić information content (AvgIpc) is 2.01. The summed E-state index contributed by atoms with van der Waals surface area (Å²) < 4.78 is 4.67. The molecule has 0 aromatic rings. The normalized spacial score (nSPS) is 10.9. The van der Waals surface area contributed by atoms with E-state index < -0.39 is 11.6 Å². The molecule has 0 bridgehead atoms. The van der Waals surface area contributed by atoms with E-state index in [1.807, 2.05) is 0 Å². The monoisotopic (exact) mass is 203 g/mol. The predicted octanol–water partition coefficient (Wildman–Crippen LogP) is 0.738. The van der Waals surface area contributed by atoms with Crippen molar-refractivity contribution < 1.29 is 19.2 Å². The molecule has 0 saturated heterocycles. The molecule has 5 heteroatoms. The van der Waals surface area contributed by atoms with E-state index in [1.54, 1.807) is 27.7 Å². The third-order valence-corrected chi connectivity index (χ3v) is 1.10. The Labute approximate surface area is 83.9 Å². The Morgan fingerprint density at radius 1 is 1.43 bits per heavy atom. The molecule has 0 saturated carbocycles. The van der Waals surface area contributed by atoms with Gasteiger partial charge in [0.05, 0.1) is 12.2 Å². The van der Waals surface area contributed by atoms with E-state index in [0.717, 1.165) is 5.06 Å². The molecule has 0 aliphatic carbocycles. The highest BCUT2D eigenvalue weighted by molar-refractivity contribution is 5.73. The molecule has 0 radical (unpaired) electrons. The van der Waals surface area contributed by atoms with E-state index in [2.05, 4.69) is 4.74 Å². The number of esters is 1. The molecule has 0 aliphatic heterocycles. The van der Waals surface area contributed by atoms with Crippen LogP contribution in [-0.4, -0.2) is 36.2 Å². The van der Waals surface area contributed by atoms with Crippen LogP contribution in [0.15, 0.2) is 0 Å². The minimum atomic E-state index is -0.507. The maximum Gasteiger partial charge on any atom is 0.328 e. The maximum absolute atomic E-state index is 11.0. The molecule has 0 rings (SSSR count). The summed E-state index contributed by atoms with van der Waals surface area (Å²) in [5.74, 6) is -0.483. The summed E-state index contributed by atoms with van der Waals surface area (Å²) in [5.41, 5.74) is -0.507. The first-order valence-corrected chi connectivity index (χ1v) is 4.45. The fraction of sp³-hybridized carbons (Fsp3) is 0.778. The predicted molar refractivity (Wildman–Crippen MR) is 50.2 cm³/mol. The molecule has 5 nitrogen and oxygen atoms in total. The van der Waals surface area contributed by atoms with Crippen LogP contribution in [0.25, 0.3) is 0 Å². The first-order valence-electron chi connectivity index (χ1n) is 4.45. The molecular weight excluding hydrogens is 186 g/mol. The van der Waals surface area contributed by atoms with Crippen molar-refractivity contribution in [3.05, 3.63) is 0 Å². The molecule has 0 aromatic carbocycles. The Hall–Kier alpha value is -1.10. The minimum Gasteiger partial charge on any atom is -0.465 e. The Morgan fingerprint density at radius 3 is 2.36 bits per heavy atom. The Kier molecular flexibility index (Phi) is 5.15. The summed E-state index contributed by atoms with van der Waals surface area (Å²) in [7, 11) is 0. The molecule has 82 valence electrons. The number of hydrogen-bond donors (Lipinski definition) is 0. The lowest BCUT2D eigenvalue weighted by atomic mass is 10.2.